The fourth-order valence-electron chi connectivity index (χ4n) is 4.87. The van der Waals surface area contributed by atoms with Gasteiger partial charge in [-0.3, -0.25) is 9.59 Å². The van der Waals surface area contributed by atoms with Gasteiger partial charge in [-0.05, 0) is 49.4 Å². The third kappa shape index (κ3) is 3.56. The predicted octanol–water partition coefficient (Wildman–Crippen LogP) is 4.13. The molecule has 4 nitrogen and oxygen atoms in total. The van der Waals surface area contributed by atoms with Crippen molar-refractivity contribution in [3.63, 3.8) is 0 Å². The van der Waals surface area contributed by atoms with Crippen LogP contribution >= 0.6 is 0 Å². The molecule has 0 spiro atoms. The predicted molar refractivity (Wildman–Crippen MR) is 88.9 cm³/mol. The molecule has 0 aliphatic heterocycles. The van der Waals surface area contributed by atoms with Crippen LogP contribution in [0.2, 0.25) is 0 Å². The minimum atomic E-state index is -0.822. The van der Waals surface area contributed by atoms with Crippen molar-refractivity contribution in [1.29, 1.82) is 0 Å². The highest BCUT2D eigenvalue weighted by atomic mass is 16.5. The van der Waals surface area contributed by atoms with Gasteiger partial charge >= 0.3 is 11.9 Å². The lowest BCUT2D eigenvalue weighted by Gasteiger charge is -2.35. The van der Waals surface area contributed by atoms with Crippen LogP contribution in [0, 0.1) is 35.5 Å². The smallest absolute Gasteiger partial charge is 0.310 e. The van der Waals surface area contributed by atoms with Crippen LogP contribution in [0.4, 0.5) is 0 Å². The molecule has 132 valence electrons. The normalized spacial score (nSPS) is 36.9. The van der Waals surface area contributed by atoms with E-state index in [0.29, 0.717) is 11.8 Å². The summed E-state index contributed by atoms with van der Waals surface area (Å²) in [5.74, 6) is -0.966. The number of carbonyl (C=O) groups is 2. The number of hydrogen-bond acceptors (Lipinski definition) is 3. The summed E-state index contributed by atoms with van der Waals surface area (Å²) in [6.45, 7) is 8.48. The number of esters is 1. The second-order valence-corrected chi connectivity index (χ2v) is 7.63. The van der Waals surface area contributed by atoms with Crippen molar-refractivity contribution in [3.05, 3.63) is 0 Å². The first-order valence-electron chi connectivity index (χ1n) is 9.35. The summed E-state index contributed by atoms with van der Waals surface area (Å²) >= 11 is 0. The van der Waals surface area contributed by atoms with Gasteiger partial charge in [-0.1, -0.05) is 40.5 Å². The summed E-state index contributed by atoms with van der Waals surface area (Å²) in [4.78, 5) is 24.4. The van der Waals surface area contributed by atoms with Crippen molar-refractivity contribution in [2.24, 2.45) is 35.5 Å². The first-order valence-corrected chi connectivity index (χ1v) is 9.35. The molecule has 0 aromatic rings. The van der Waals surface area contributed by atoms with Crippen LogP contribution in [-0.2, 0) is 14.3 Å². The average molecular weight is 324 g/mol. The van der Waals surface area contributed by atoms with Crippen molar-refractivity contribution < 1.29 is 19.4 Å². The zero-order chi connectivity index (χ0) is 17.1. The van der Waals surface area contributed by atoms with Gasteiger partial charge in [0.25, 0.3) is 0 Å². The summed E-state index contributed by atoms with van der Waals surface area (Å²) in [5.41, 5.74) is 0. The van der Waals surface area contributed by atoms with Crippen molar-refractivity contribution in [1.82, 2.24) is 0 Å². The zero-order valence-electron chi connectivity index (χ0n) is 15.0. The van der Waals surface area contributed by atoms with Crippen LogP contribution in [0.3, 0.4) is 0 Å². The molecule has 2 fully saturated rings. The summed E-state index contributed by atoms with van der Waals surface area (Å²) in [6, 6.07) is 0. The Kier molecular flexibility index (Phi) is 6.10. The van der Waals surface area contributed by atoms with Gasteiger partial charge in [0.15, 0.2) is 0 Å². The number of rotatable bonds is 8. The number of fused-ring (bicyclic) bond motifs is 2. The van der Waals surface area contributed by atoms with E-state index in [2.05, 4.69) is 20.8 Å². The second kappa shape index (κ2) is 7.67. The summed E-state index contributed by atoms with van der Waals surface area (Å²) in [7, 11) is 0. The molecular formula is C19H32O4. The minimum absolute atomic E-state index is 0.0599. The first-order chi connectivity index (χ1) is 10.9. The number of ether oxygens (including phenoxy) is 1. The zero-order valence-corrected chi connectivity index (χ0v) is 15.0. The van der Waals surface area contributed by atoms with Gasteiger partial charge in [-0.2, -0.15) is 0 Å². The number of unbranched alkanes of at least 4 members (excludes halogenated alkanes) is 2. The maximum Gasteiger partial charge on any atom is 0.310 e. The molecule has 7 atom stereocenters. The topological polar surface area (TPSA) is 63.6 Å². The van der Waals surface area contributed by atoms with Gasteiger partial charge < -0.3 is 9.84 Å². The van der Waals surface area contributed by atoms with Crippen molar-refractivity contribution in [3.8, 4) is 0 Å². The molecule has 2 saturated carbocycles. The monoisotopic (exact) mass is 324 g/mol. The lowest BCUT2D eigenvalue weighted by Crippen LogP contribution is -2.42. The molecular weight excluding hydrogens is 292 g/mol. The van der Waals surface area contributed by atoms with E-state index in [9.17, 15) is 14.7 Å². The van der Waals surface area contributed by atoms with E-state index in [0.717, 1.165) is 38.5 Å². The summed E-state index contributed by atoms with van der Waals surface area (Å²) in [6.07, 6.45) is 5.86. The van der Waals surface area contributed by atoms with Gasteiger partial charge in [-0.25, -0.2) is 0 Å². The molecule has 7 unspecified atom stereocenters. The number of carboxylic acid groups (broad SMARTS) is 1. The second-order valence-electron chi connectivity index (χ2n) is 7.63. The van der Waals surface area contributed by atoms with Gasteiger partial charge in [0, 0.05) is 0 Å². The molecule has 23 heavy (non-hydrogen) atoms. The maximum atomic E-state index is 12.7. The fourth-order valence-corrected chi connectivity index (χ4v) is 4.87. The molecule has 4 heteroatoms. The molecule has 0 saturated heterocycles. The summed E-state index contributed by atoms with van der Waals surface area (Å²) in [5, 5.41) is 9.62. The van der Waals surface area contributed by atoms with Crippen LogP contribution in [0.15, 0.2) is 0 Å². The quantitative estimate of drug-likeness (QED) is 0.538. The fraction of sp³-hybridized carbons (Fsp3) is 0.895. The van der Waals surface area contributed by atoms with E-state index in [1.807, 2.05) is 6.92 Å². The lowest BCUT2D eigenvalue weighted by atomic mass is 9.69. The highest BCUT2D eigenvalue weighted by molar-refractivity contribution is 5.83. The largest absolute Gasteiger partial charge is 0.481 e. The van der Waals surface area contributed by atoms with E-state index in [1.165, 1.54) is 0 Å². The molecule has 1 N–H and O–H groups in total. The van der Waals surface area contributed by atoms with E-state index in [-0.39, 0.29) is 23.9 Å². The van der Waals surface area contributed by atoms with Crippen LogP contribution in [0.25, 0.3) is 0 Å². The Morgan fingerprint density at radius 2 is 1.70 bits per heavy atom. The SMILES string of the molecule is CCCCCC(CC)OC(=O)C1C2CC(C(C)C2C)C1C(=O)O. The van der Waals surface area contributed by atoms with E-state index < -0.39 is 17.8 Å². The molecule has 2 bridgehead atoms. The number of carboxylic acids is 1. The third-order valence-electron chi connectivity index (χ3n) is 6.46. The van der Waals surface area contributed by atoms with Crippen molar-refractivity contribution in [2.75, 3.05) is 0 Å². The lowest BCUT2D eigenvalue weighted by molar-refractivity contribution is -0.167. The average Bonchev–Trinajstić information content (AvgIpc) is 3.04. The molecule has 0 radical (unpaired) electrons. The highest BCUT2D eigenvalue weighted by Gasteiger charge is 2.60. The van der Waals surface area contributed by atoms with Gasteiger partial charge in [-0.15, -0.1) is 0 Å². The van der Waals surface area contributed by atoms with Crippen molar-refractivity contribution in [2.45, 2.75) is 72.3 Å². The molecule has 2 rings (SSSR count). The van der Waals surface area contributed by atoms with Gasteiger partial charge in [0.1, 0.15) is 6.10 Å². The van der Waals surface area contributed by atoms with E-state index >= 15 is 0 Å². The molecule has 0 amide bonds. The summed E-state index contributed by atoms with van der Waals surface area (Å²) < 4.78 is 5.74. The van der Waals surface area contributed by atoms with Crippen LogP contribution < -0.4 is 0 Å². The van der Waals surface area contributed by atoms with Crippen molar-refractivity contribution >= 4 is 11.9 Å². The van der Waals surface area contributed by atoms with E-state index in [4.69, 9.17) is 4.74 Å². The Morgan fingerprint density at radius 3 is 2.22 bits per heavy atom. The standard InChI is InChI=1S/C19H32O4/c1-5-7-8-9-13(6-2)23-19(22)17-15-10-14(11(3)12(15)4)16(17)18(20)21/h11-17H,5-10H2,1-4H3,(H,20,21). The minimum Gasteiger partial charge on any atom is -0.481 e. The first kappa shape index (κ1) is 18.3. The molecule has 0 aromatic heterocycles. The highest BCUT2D eigenvalue weighted by Crippen LogP contribution is 2.58. The van der Waals surface area contributed by atoms with Crippen LogP contribution in [-0.4, -0.2) is 23.1 Å². The number of carbonyl (C=O) groups excluding carboxylic acids is 1. The number of aliphatic carboxylic acids is 1. The third-order valence-corrected chi connectivity index (χ3v) is 6.46. The Morgan fingerprint density at radius 1 is 1.09 bits per heavy atom. The van der Waals surface area contributed by atoms with Gasteiger partial charge in [0.05, 0.1) is 11.8 Å². The molecule has 0 heterocycles. The van der Waals surface area contributed by atoms with Crippen LogP contribution in [0.5, 0.6) is 0 Å². The Labute approximate surface area is 140 Å². The van der Waals surface area contributed by atoms with Crippen LogP contribution in [0.1, 0.15) is 66.2 Å². The Balaban J connectivity index is 2.03. The maximum absolute atomic E-state index is 12.7. The molecule has 2 aliphatic rings. The van der Waals surface area contributed by atoms with Gasteiger partial charge in [0.2, 0.25) is 0 Å². The number of hydrogen-bond donors (Lipinski definition) is 1. The van der Waals surface area contributed by atoms with E-state index in [1.54, 1.807) is 0 Å². The Hall–Kier alpha value is -1.06. The molecule has 2 aliphatic carbocycles. The Bertz CT molecular complexity index is 433. The molecule has 0 aromatic carbocycles.